The number of phenols is 1. The molecule has 10 nitrogen and oxygen atoms in total. The lowest BCUT2D eigenvalue weighted by atomic mass is 9.56. The van der Waals surface area contributed by atoms with Crippen molar-refractivity contribution < 1.29 is 55.6 Å². The van der Waals surface area contributed by atoms with Gasteiger partial charge >= 0.3 is 0 Å². The summed E-state index contributed by atoms with van der Waals surface area (Å²) >= 11 is 13.9. The van der Waals surface area contributed by atoms with Crippen molar-refractivity contribution in [1.82, 2.24) is 0 Å². The van der Waals surface area contributed by atoms with Crippen molar-refractivity contribution in [3.63, 3.8) is 0 Å². The topological polar surface area (TPSA) is 138 Å². The quantitative estimate of drug-likeness (QED) is 0.0514. The van der Waals surface area contributed by atoms with Gasteiger partial charge in [0.25, 0.3) is 17.5 Å². The van der Waals surface area contributed by atoms with Crippen molar-refractivity contribution >= 4 is 63.9 Å². The van der Waals surface area contributed by atoms with E-state index < -0.39 is 120 Å². The Morgan fingerprint density at radius 2 is 1.46 bits per heavy atom. The number of allylic oxidation sites excluding steroid dienone is 2. The second-order valence-corrected chi connectivity index (χ2v) is 13.4. The molecule has 50 heavy (non-hydrogen) atoms. The monoisotopic (exact) mass is 739 g/mol. The molecule has 6 atom stereocenters. The number of non-ortho nitro benzene ring substituents is 1. The van der Waals surface area contributed by atoms with E-state index in [1.165, 1.54) is 18.2 Å². The van der Waals surface area contributed by atoms with E-state index >= 15 is 8.78 Å². The number of amides is 4. The average molecular weight is 740 g/mol. The van der Waals surface area contributed by atoms with Crippen molar-refractivity contribution in [2.45, 2.75) is 28.5 Å². The molecule has 3 aromatic carbocycles. The molecule has 3 fully saturated rings. The fourth-order valence-corrected chi connectivity index (χ4v) is 8.58. The molecular weight excluding hydrogens is 723 g/mol. The molecule has 2 aliphatic carbocycles. The molecule has 1 N–H and O–H groups in total. The van der Waals surface area contributed by atoms with Crippen molar-refractivity contribution in [1.29, 1.82) is 0 Å². The molecule has 0 bridgehead atoms. The maximum atomic E-state index is 15.1. The van der Waals surface area contributed by atoms with Crippen LogP contribution in [0.5, 0.6) is 5.75 Å². The second-order valence-electron chi connectivity index (χ2n) is 12.2. The largest absolute Gasteiger partial charge is 0.505 e. The van der Waals surface area contributed by atoms with E-state index in [9.17, 15) is 52.0 Å². The van der Waals surface area contributed by atoms with Gasteiger partial charge in [0.2, 0.25) is 17.6 Å². The maximum absolute atomic E-state index is 15.1. The number of halogens is 8. The SMILES string of the molecule is O=C1[C@H]2[C@H](CC=C3[C@H]2C[C@@]2(Cl)C(=O)N(c4c(F)c(F)c(F)c(F)c4F)C(=O)[C@@]2(Cl)[C@H]3c2ccc(O)c(F)c2)C(=O)N1c1cccc([N+](=O)[O-])c1. The molecule has 1 saturated carbocycles. The van der Waals surface area contributed by atoms with Crippen molar-refractivity contribution in [2.75, 3.05) is 9.80 Å². The minimum Gasteiger partial charge on any atom is -0.505 e. The Bertz CT molecular complexity index is 2140. The Labute approximate surface area is 285 Å². The van der Waals surface area contributed by atoms with Gasteiger partial charge in [-0.3, -0.25) is 29.3 Å². The number of rotatable bonds is 4. The first-order chi connectivity index (χ1) is 23.5. The van der Waals surface area contributed by atoms with Gasteiger partial charge in [-0.25, -0.2) is 36.1 Å². The number of carbonyl (C=O) groups is 4. The Hall–Kier alpha value is -4.96. The fourth-order valence-electron chi connectivity index (χ4n) is 7.64. The number of hydrogen-bond donors (Lipinski definition) is 1. The number of aromatic hydroxyl groups is 1. The minimum atomic E-state index is -2.88. The van der Waals surface area contributed by atoms with Gasteiger partial charge < -0.3 is 5.11 Å². The van der Waals surface area contributed by atoms with Crippen molar-refractivity contribution in [3.8, 4) is 5.75 Å². The molecule has 0 radical (unpaired) electrons. The Balaban J connectivity index is 1.42. The highest BCUT2D eigenvalue weighted by molar-refractivity contribution is 6.58. The van der Waals surface area contributed by atoms with Crippen LogP contribution in [0.1, 0.15) is 24.3 Å². The molecule has 7 rings (SSSR count). The van der Waals surface area contributed by atoms with Crippen LogP contribution in [0.4, 0.5) is 43.4 Å². The van der Waals surface area contributed by atoms with Crippen LogP contribution in [0.25, 0.3) is 0 Å². The highest BCUT2D eigenvalue weighted by Crippen LogP contribution is 2.66. The first-order valence-corrected chi connectivity index (χ1v) is 15.3. The summed E-state index contributed by atoms with van der Waals surface area (Å²) in [5.74, 6) is -25.6. The number of nitrogens with zero attached hydrogens (tertiary/aromatic N) is 3. The molecule has 18 heteroatoms. The smallest absolute Gasteiger partial charge is 0.271 e. The number of fused-ring (bicyclic) bond motifs is 4. The van der Waals surface area contributed by atoms with Crippen LogP contribution in [-0.4, -0.2) is 43.4 Å². The van der Waals surface area contributed by atoms with E-state index in [4.69, 9.17) is 23.2 Å². The Morgan fingerprint density at radius 1 is 0.820 bits per heavy atom. The minimum absolute atomic E-state index is 0.0464. The lowest BCUT2D eigenvalue weighted by molar-refractivity contribution is -0.384. The molecule has 2 saturated heterocycles. The predicted molar refractivity (Wildman–Crippen MR) is 160 cm³/mol. The summed E-state index contributed by atoms with van der Waals surface area (Å²) in [6.45, 7) is 0. The summed E-state index contributed by atoms with van der Waals surface area (Å²) in [5.41, 5.74) is -2.78. The van der Waals surface area contributed by atoms with Crippen LogP contribution >= 0.6 is 23.2 Å². The molecule has 4 amide bonds. The maximum Gasteiger partial charge on any atom is 0.271 e. The summed E-state index contributed by atoms with van der Waals surface area (Å²) in [6, 6.07) is 7.27. The number of hydrogen-bond acceptors (Lipinski definition) is 7. The van der Waals surface area contributed by atoms with E-state index in [0.29, 0.717) is 11.0 Å². The van der Waals surface area contributed by atoms with Gasteiger partial charge in [-0.15, -0.1) is 23.2 Å². The number of carbonyl (C=O) groups excluding carboxylic acids is 4. The van der Waals surface area contributed by atoms with Crippen LogP contribution in [0, 0.1) is 62.8 Å². The van der Waals surface area contributed by atoms with E-state index in [1.807, 2.05) is 0 Å². The summed E-state index contributed by atoms with van der Waals surface area (Å²) in [4.78, 5) is 61.4. The summed E-state index contributed by atoms with van der Waals surface area (Å²) in [6.07, 6.45) is 0.374. The van der Waals surface area contributed by atoms with Crippen LogP contribution in [-0.2, 0) is 19.2 Å². The van der Waals surface area contributed by atoms with Crippen molar-refractivity contribution in [3.05, 3.63) is 105 Å². The first-order valence-electron chi connectivity index (χ1n) is 14.6. The molecule has 0 aromatic heterocycles. The summed E-state index contributed by atoms with van der Waals surface area (Å²) in [5, 5.41) is 21.3. The lowest BCUT2D eigenvalue weighted by Crippen LogP contribution is -2.60. The molecule has 2 heterocycles. The normalized spacial score (nSPS) is 28.8. The number of nitro groups is 1. The van der Waals surface area contributed by atoms with Gasteiger partial charge in [0, 0.05) is 18.1 Å². The standard InChI is InChI=1S/C32H17Cl2F6N3O7/c33-31-10-16-14(5-6-15-19(16)28(46)41(27(15)45)12-2-1-3-13(9-12)43(49)50)20(11-4-7-18(44)17(35)8-11)32(31,34)30(48)42(29(31)47)26-24(39)22(37)21(36)23(38)25(26)40/h1-5,7-9,15-16,19-20,44H,6,10H2/t15-,16+,19-,20-,31+,32-/m0/s1. The summed E-state index contributed by atoms with van der Waals surface area (Å²) < 4.78 is 87.7. The number of anilines is 2. The Morgan fingerprint density at radius 3 is 2.08 bits per heavy atom. The van der Waals surface area contributed by atoms with Crippen LogP contribution < -0.4 is 9.80 Å². The third kappa shape index (κ3) is 4.17. The molecule has 258 valence electrons. The molecule has 0 unspecified atom stereocenters. The predicted octanol–water partition coefficient (Wildman–Crippen LogP) is 5.90. The van der Waals surface area contributed by atoms with Gasteiger partial charge in [0.1, 0.15) is 5.69 Å². The molecule has 2 aliphatic heterocycles. The third-order valence-corrected chi connectivity index (χ3v) is 11.2. The average Bonchev–Trinajstić information content (AvgIpc) is 3.42. The van der Waals surface area contributed by atoms with E-state index in [2.05, 4.69) is 0 Å². The lowest BCUT2D eigenvalue weighted by Gasteiger charge is -2.50. The van der Waals surface area contributed by atoms with Crippen LogP contribution in [0.2, 0.25) is 0 Å². The third-order valence-electron chi connectivity index (χ3n) is 9.83. The van der Waals surface area contributed by atoms with Crippen LogP contribution in [0.15, 0.2) is 54.1 Å². The van der Waals surface area contributed by atoms with Crippen molar-refractivity contribution in [2.24, 2.45) is 17.8 Å². The number of imide groups is 2. The zero-order valence-electron chi connectivity index (χ0n) is 24.6. The zero-order chi connectivity index (χ0) is 36.4. The molecule has 3 aromatic rings. The van der Waals surface area contributed by atoms with E-state index in [-0.39, 0.29) is 28.1 Å². The number of benzene rings is 3. The van der Waals surface area contributed by atoms with Gasteiger partial charge in [-0.2, -0.15) is 0 Å². The van der Waals surface area contributed by atoms with Gasteiger partial charge in [0.15, 0.2) is 44.6 Å². The zero-order valence-corrected chi connectivity index (χ0v) is 26.1. The summed E-state index contributed by atoms with van der Waals surface area (Å²) in [7, 11) is 0. The van der Waals surface area contributed by atoms with E-state index in [1.54, 1.807) is 0 Å². The number of phenolic OH excluding ortho intramolecular Hbond substituents is 1. The van der Waals surface area contributed by atoms with Gasteiger partial charge in [-0.1, -0.05) is 23.8 Å². The fraction of sp³-hybridized carbons (Fsp3) is 0.250. The van der Waals surface area contributed by atoms with E-state index in [0.717, 1.165) is 24.3 Å². The molecule has 4 aliphatic rings. The number of alkyl halides is 2. The van der Waals surface area contributed by atoms with Gasteiger partial charge in [0.05, 0.1) is 22.4 Å². The second kappa shape index (κ2) is 11.0. The Kier molecular flexibility index (Phi) is 7.39. The van der Waals surface area contributed by atoms with Gasteiger partial charge in [-0.05, 0) is 42.5 Å². The molecular formula is C32H17Cl2F6N3O7. The molecule has 0 spiro atoms. The highest BCUT2D eigenvalue weighted by Gasteiger charge is 2.77. The number of nitro benzene ring substituents is 1. The first kappa shape index (κ1) is 33.5. The highest BCUT2D eigenvalue weighted by atomic mass is 35.5. The van der Waals surface area contributed by atoms with Crippen LogP contribution in [0.3, 0.4) is 0 Å².